The van der Waals surface area contributed by atoms with Crippen LogP contribution < -0.4 is 0 Å². The van der Waals surface area contributed by atoms with Crippen LogP contribution in [0.2, 0.25) is 0 Å². The molecule has 0 unspecified atom stereocenters. The molecule has 1 fully saturated rings. The number of aliphatic carboxylic acids is 1. The number of aliphatic hydroxyl groups excluding tert-OH is 1. The third-order valence-corrected chi connectivity index (χ3v) is 7.37. The zero-order valence-corrected chi connectivity index (χ0v) is 14.9. The molecule has 0 aromatic heterocycles. The van der Waals surface area contributed by atoms with Crippen LogP contribution in [-0.2, 0) is 14.6 Å². The van der Waals surface area contributed by atoms with Gasteiger partial charge in [0, 0.05) is 10.4 Å². The van der Waals surface area contributed by atoms with E-state index in [4.69, 9.17) is 0 Å². The van der Waals surface area contributed by atoms with Crippen LogP contribution in [0.4, 0.5) is 0 Å². The number of hydrogen-bond donors (Lipinski definition) is 2. The molecule has 7 heteroatoms. The Morgan fingerprint density at radius 1 is 1.08 bits per heavy atom. The third-order valence-electron chi connectivity index (χ3n) is 4.55. The number of carboxylic acids is 1. The number of benzene rings is 2. The minimum Gasteiger partial charge on any atom is -0.481 e. The van der Waals surface area contributed by atoms with E-state index in [9.17, 15) is 23.4 Å². The molecule has 0 saturated heterocycles. The summed E-state index contributed by atoms with van der Waals surface area (Å²) in [5, 5.41) is 18.2. The van der Waals surface area contributed by atoms with Gasteiger partial charge in [-0.05, 0) is 29.8 Å². The van der Waals surface area contributed by atoms with Crippen LogP contribution in [-0.4, -0.2) is 36.5 Å². The lowest BCUT2D eigenvalue weighted by atomic mass is 10.0. The highest BCUT2D eigenvalue weighted by atomic mass is 79.9. The second-order valence-electron chi connectivity index (χ2n) is 5.81. The van der Waals surface area contributed by atoms with Crippen molar-refractivity contribution in [3.63, 3.8) is 0 Å². The summed E-state index contributed by atoms with van der Waals surface area (Å²) < 4.78 is 26.7. The first-order valence-corrected chi connectivity index (χ1v) is 9.58. The van der Waals surface area contributed by atoms with Crippen LogP contribution in [0.25, 0.3) is 0 Å². The maximum atomic E-state index is 12.9. The standard InChI is InChI=1S/C17H15BrO5S/c18-12-8-6-11(7-9-12)14-15(17(14,10-19)16(20)21)24(22,23)13-4-2-1-3-5-13/h1-9,14-15,19H,10H2,(H,20,21)/t14-,15-,17+/m0/s1. The van der Waals surface area contributed by atoms with Crippen molar-refractivity contribution in [2.45, 2.75) is 16.1 Å². The van der Waals surface area contributed by atoms with Gasteiger partial charge in [0.15, 0.2) is 9.84 Å². The Morgan fingerprint density at radius 3 is 2.17 bits per heavy atom. The molecule has 24 heavy (non-hydrogen) atoms. The molecule has 2 aromatic carbocycles. The largest absolute Gasteiger partial charge is 0.481 e. The van der Waals surface area contributed by atoms with Crippen molar-refractivity contribution >= 4 is 31.7 Å². The second kappa shape index (κ2) is 5.98. The smallest absolute Gasteiger partial charge is 0.314 e. The summed E-state index contributed by atoms with van der Waals surface area (Å²) in [6, 6.07) is 14.6. The first kappa shape index (κ1) is 17.1. The van der Waals surface area contributed by atoms with E-state index in [1.165, 1.54) is 12.1 Å². The van der Waals surface area contributed by atoms with Gasteiger partial charge in [-0.15, -0.1) is 0 Å². The highest BCUT2D eigenvalue weighted by Crippen LogP contribution is 2.64. The minimum atomic E-state index is -3.89. The molecule has 2 aromatic rings. The van der Waals surface area contributed by atoms with E-state index in [0.29, 0.717) is 5.56 Å². The minimum absolute atomic E-state index is 0.0636. The maximum Gasteiger partial charge on any atom is 0.314 e. The molecule has 0 radical (unpaired) electrons. The van der Waals surface area contributed by atoms with E-state index in [1.807, 2.05) is 0 Å². The Kier molecular flexibility index (Phi) is 4.27. The summed E-state index contributed by atoms with van der Waals surface area (Å²) in [5.74, 6) is -2.10. The van der Waals surface area contributed by atoms with E-state index in [-0.39, 0.29) is 4.90 Å². The summed E-state index contributed by atoms with van der Waals surface area (Å²) >= 11 is 3.30. The molecule has 1 aliphatic rings. The van der Waals surface area contributed by atoms with E-state index < -0.39 is 39.0 Å². The van der Waals surface area contributed by atoms with Gasteiger partial charge in [0.05, 0.1) is 16.8 Å². The zero-order chi connectivity index (χ0) is 17.5. The molecule has 3 rings (SSSR count). The molecule has 3 atom stereocenters. The maximum absolute atomic E-state index is 12.9. The number of carboxylic acid groups (broad SMARTS) is 1. The van der Waals surface area contributed by atoms with E-state index >= 15 is 0 Å². The average Bonchev–Trinajstić information content (AvgIpc) is 3.28. The molecule has 0 aliphatic heterocycles. The quantitative estimate of drug-likeness (QED) is 0.789. The summed E-state index contributed by atoms with van der Waals surface area (Å²) in [4.78, 5) is 11.9. The second-order valence-corrected chi connectivity index (χ2v) is 8.80. The zero-order valence-electron chi connectivity index (χ0n) is 12.5. The molecule has 126 valence electrons. The SMILES string of the molecule is O=C(O)[C@]1(CO)[C@@H](c2ccc(Br)cc2)[C@@H]1S(=O)(=O)c1ccccc1. The van der Waals surface area contributed by atoms with Gasteiger partial charge in [-0.25, -0.2) is 8.42 Å². The molecule has 2 N–H and O–H groups in total. The van der Waals surface area contributed by atoms with Crippen molar-refractivity contribution in [3.8, 4) is 0 Å². The third kappa shape index (κ3) is 2.47. The van der Waals surface area contributed by atoms with Crippen molar-refractivity contribution in [2.75, 3.05) is 6.61 Å². The number of rotatable bonds is 5. The van der Waals surface area contributed by atoms with Crippen LogP contribution in [0.5, 0.6) is 0 Å². The van der Waals surface area contributed by atoms with Gasteiger partial charge in [0.25, 0.3) is 0 Å². The Hall–Kier alpha value is -1.70. The fourth-order valence-corrected chi connectivity index (χ4v) is 5.92. The van der Waals surface area contributed by atoms with Crippen molar-refractivity contribution in [3.05, 3.63) is 64.6 Å². The summed E-state index contributed by atoms with van der Waals surface area (Å²) in [7, 11) is -3.89. The topological polar surface area (TPSA) is 91.7 Å². The van der Waals surface area contributed by atoms with Gasteiger partial charge in [-0.2, -0.15) is 0 Å². The first-order valence-electron chi connectivity index (χ1n) is 7.24. The van der Waals surface area contributed by atoms with Crippen LogP contribution in [0, 0.1) is 5.41 Å². The monoisotopic (exact) mass is 410 g/mol. The van der Waals surface area contributed by atoms with Crippen LogP contribution in [0.3, 0.4) is 0 Å². The van der Waals surface area contributed by atoms with Crippen LogP contribution >= 0.6 is 15.9 Å². The van der Waals surface area contributed by atoms with E-state index in [2.05, 4.69) is 15.9 Å². The Labute approximate surface area is 148 Å². The first-order chi connectivity index (χ1) is 11.4. The number of sulfone groups is 1. The normalized spacial score (nSPS) is 26.1. The molecule has 0 bridgehead atoms. The van der Waals surface area contributed by atoms with Crippen molar-refractivity contribution < 1.29 is 23.4 Å². The highest BCUT2D eigenvalue weighted by Gasteiger charge is 2.75. The Morgan fingerprint density at radius 2 is 1.67 bits per heavy atom. The van der Waals surface area contributed by atoms with Gasteiger partial charge in [0.1, 0.15) is 5.41 Å². The molecule has 5 nitrogen and oxygen atoms in total. The molecule has 0 spiro atoms. The lowest BCUT2D eigenvalue weighted by molar-refractivity contribution is -0.145. The highest BCUT2D eigenvalue weighted by molar-refractivity contribution is 9.10. The van der Waals surface area contributed by atoms with Gasteiger partial charge >= 0.3 is 5.97 Å². The van der Waals surface area contributed by atoms with Crippen LogP contribution in [0.1, 0.15) is 11.5 Å². The number of hydrogen-bond acceptors (Lipinski definition) is 4. The fourth-order valence-electron chi connectivity index (χ4n) is 3.27. The van der Waals surface area contributed by atoms with Crippen molar-refractivity contribution in [1.82, 2.24) is 0 Å². The molecule has 1 aliphatic carbocycles. The summed E-state index contributed by atoms with van der Waals surface area (Å²) in [5.41, 5.74) is -1.14. The van der Waals surface area contributed by atoms with Crippen molar-refractivity contribution in [2.24, 2.45) is 5.41 Å². The average molecular weight is 411 g/mol. The molecular formula is C17H15BrO5S. The van der Waals surface area contributed by atoms with E-state index in [1.54, 1.807) is 42.5 Å². The van der Waals surface area contributed by atoms with Gasteiger partial charge < -0.3 is 10.2 Å². The Balaban J connectivity index is 2.11. The van der Waals surface area contributed by atoms with Gasteiger partial charge in [0.2, 0.25) is 0 Å². The van der Waals surface area contributed by atoms with Crippen LogP contribution in [0.15, 0.2) is 64.0 Å². The lowest BCUT2D eigenvalue weighted by Crippen LogP contribution is -2.27. The molecule has 1 saturated carbocycles. The molecule has 0 heterocycles. The van der Waals surface area contributed by atoms with Gasteiger partial charge in [-0.3, -0.25) is 4.79 Å². The molecule has 0 amide bonds. The predicted molar refractivity (Wildman–Crippen MR) is 91.5 cm³/mol. The number of halogens is 1. The van der Waals surface area contributed by atoms with Gasteiger partial charge in [-0.1, -0.05) is 46.3 Å². The van der Waals surface area contributed by atoms with Crippen molar-refractivity contribution in [1.29, 1.82) is 0 Å². The Bertz CT molecular complexity index is 864. The summed E-state index contributed by atoms with van der Waals surface area (Å²) in [6.45, 7) is -0.736. The predicted octanol–water partition coefficient (Wildman–Crippen LogP) is 2.45. The van der Waals surface area contributed by atoms with E-state index in [0.717, 1.165) is 4.47 Å². The number of aliphatic hydroxyl groups is 1. The number of carbonyl (C=O) groups is 1. The lowest BCUT2D eigenvalue weighted by Gasteiger charge is -2.09. The summed E-state index contributed by atoms with van der Waals surface area (Å²) in [6.07, 6.45) is 0. The fraction of sp³-hybridized carbons (Fsp3) is 0.235. The molecular weight excluding hydrogens is 396 g/mol.